The van der Waals surface area contributed by atoms with Crippen LogP contribution in [0.2, 0.25) is 0 Å². The molecule has 5 aliphatic rings. The zero-order valence-corrected chi connectivity index (χ0v) is 45.2. The number of halogens is 1. The van der Waals surface area contributed by atoms with Gasteiger partial charge in [0.25, 0.3) is 0 Å². The average Bonchev–Trinajstić information content (AvgIpc) is 3.38. The average molecular weight is 1120 g/mol. The minimum Gasteiger partial charge on any atom is -0.479 e. The molecule has 1 aromatic carbocycles. The van der Waals surface area contributed by atoms with Crippen LogP contribution in [0.25, 0.3) is 0 Å². The number of hydrogen-bond donors (Lipinski definition) is 13. The van der Waals surface area contributed by atoms with Gasteiger partial charge in [-0.2, -0.15) is 0 Å². The Hall–Kier alpha value is -2.49. The number of aliphatic hydroxyl groups is 5. The predicted octanol–water partition coefficient (Wildman–Crippen LogP) is 0.144. The number of amides is 2. The predicted molar refractivity (Wildman–Crippen MR) is 278 cm³/mol. The molecule has 3 heterocycles. The number of hydrogen-bond acceptors (Lipinski definition) is 18. The molecule has 13 N–H and O–H groups in total. The summed E-state index contributed by atoms with van der Waals surface area (Å²) >= 11 is 3.82. The van der Waals surface area contributed by atoms with E-state index in [1.165, 1.54) is 19.4 Å². The lowest BCUT2D eigenvalue weighted by Gasteiger charge is -2.49. The molecule has 0 bridgehead atoms. The summed E-state index contributed by atoms with van der Waals surface area (Å²) in [6, 6.07) is 5.41. The van der Waals surface area contributed by atoms with Gasteiger partial charge in [0, 0.05) is 62.6 Å². The van der Waals surface area contributed by atoms with Gasteiger partial charge in [-0.15, -0.1) is 0 Å². The molecule has 16 atom stereocenters. The second-order valence-corrected chi connectivity index (χ2v) is 21.9. The fourth-order valence-corrected chi connectivity index (χ4v) is 11.7. The number of carbonyl (C=O) groups is 3. The van der Waals surface area contributed by atoms with E-state index in [4.69, 9.17) is 23.7 Å². The molecule has 6 rings (SSSR count). The third-order valence-electron chi connectivity index (χ3n) is 15.4. The van der Waals surface area contributed by atoms with Crippen molar-refractivity contribution in [3.63, 3.8) is 0 Å². The maximum absolute atomic E-state index is 14.1. The molecule has 74 heavy (non-hydrogen) atoms. The number of carbonyl (C=O) groups excluding carboxylic acids is 2. The van der Waals surface area contributed by atoms with Crippen LogP contribution in [-0.2, 0) is 51.0 Å². The first kappa shape index (κ1) is 60.7. The zero-order valence-electron chi connectivity index (χ0n) is 43.6. The molecular formula is C52H88BrN7O14. The molecule has 2 saturated carbocycles. The van der Waals surface area contributed by atoms with E-state index < -0.39 is 110 Å². The molecule has 0 spiro atoms. The van der Waals surface area contributed by atoms with Gasteiger partial charge in [-0.3, -0.25) is 9.59 Å². The maximum Gasteiger partial charge on any atom is 0.332 e. The Labute approximate surface area is 445 Å². The van der Waals surface area contributed by atoms with Gasteiger partial charge in [0.05, 0.1) is 24.9 Å². The van der Waals surface area contributed by atoms with E-state index in [2.05, 4.69) is 71.3 Å². The molecule has 5 fully saturated rings. The third kappa shape index (κ3) is 18.0. The van der Waals surface area contributed by atoms with Crippen LogP contribution in [0.1, 0.15) is 103 Å². The van der Waals surface area contributed by atoms with Crippen molar-refractivity contribution in [3.05, 3.63) is 33.8 Å². The molecule has 2 aliphatic carbocycles. The molecule has 1 aromatic rings. The molecule has 422 valence electrons. The van der Waals surface area contributed by atoms with Crippen LogP contribution in [0.5, 0.6) is 0 Å². The molecule has 2 amide bonds. The number of carboxylic acid groups (broad SMARTS) is 1. The Morgan fingerprint density at radius 3 is 2.26 bits per heavy atom. The Morgan fingerprint density at radius 2 is 1.57 bits per heavy atom. The largest absolute Gasteiger partial charge is 0.479 e. The lowest BCUT2D eigenvalue weighted by molar-refractivity contribution is -0.338. The van der Waals surface area contributed by atoms with E-state index in [0.717, 1.165) is 107 Å². The van der Waals surface area contributed by atoms with E-state index >= 15 is 0 Å². The van der Waals surface area contributed by atoms with Crippen LogP contribution in [-0.4, -0.2) is 200 Å². The Bertz CT molecular complexity index is 1840. The van der Waals surface area contributed by atoms with Gasteiger partial charge >= 0.3 is 5.97 Å². The number of aliphatic carboxylic acids is 1. The van der Waals surface area contributed by atoms with Crippen molar-refractivity contribution in [2.24, 2.45) is 17.8 Å². The molecule has 21 nitrogen and oxygen atoms in total. The third-order valence-corrected chi connectivity index (χ3v) is 16.1. The summed E-state index contributed by atoms with van der Waals surface area (Å²) in [5, 5.41) is 88.3. The Morgan fingerprint density at radius 1 is 0.838 bits per heavy atom. The number of aliphatic hydroxyl groups excluding tert-OH is 5. The van der Waals surface area contributed by atoms with Crippen LogP contribution < -0.4 is 37.2 Å². The van der Waals surface area contributed by atoms with Crippen LogP contribution in [0.15, 0.2) is 22.7 Å². The molecule has 3 aliphatic heterocycles. The maximum atomic E-state index is 14.1. The first-order valence-corrected chi connectivity index (χ1v) is 28.2. The molecule has 22 heteroatoms. The summed E-state index contributed by atoms with van der Waals surface area (Å²) < 4.78 is 32.6. The highest BCUT2D eigenvalue weighted by atomic mass is 79.9. The number of rotatable bonds is 20. The van der Waals surface area contributed by atoms with Crippen LogP contribution in [0.4, 0.5) is 0 Å². The van der Waals surface area contributed by atoms with Crippen LogP contribution >= 0.6 is 15.9 Å². The highest BCUT2D eigenvalue weighted by molar-refractivity contribution is 9.10. The van der Waals surface area contributed by atoms with Gasteiger partial charge in [-0.25, -0.2) is 4.79 Å². The summed E-state index contributed by atoms with van der Waals surface area (Å²) in [5.41, 5.74) is 2.31. The lowest BCUT2D eigenvalue weighted by Crippen LogP contribution is -2.67. The minimum absolute atomic E-state index is 0.0510. The standard InChI is InChI=1S/C52H88BrN7O14/c1-4-34-24-36(49(67)59-21-20-57-27-33-12-13-35(38(53)22-33)25-37-28-56-16-8-14-54-18-19-55-15-9-17-58-37)26-39(47(34)74-52-46(66)45(65)43(63)30(2)70-52)72-51-42(60-31(3)62)48(44(64)41(29-61)73-51)71-40(50(68)69)23-32-10-6-5-7-11-32/h12-13,22,30,32,34,36-37,39-48,51-52,54-58,61,63-66H,4-11,14-21,23-29H2,1-3H3,(H,59,67)(H,60,62)(H,68,69)/t30?,34?,36?,37?,39?,40-,41?,42?,43?,44?,45?,46?,47?,48?,51?,52?/m0/s1. The Balaban J connectivity index is 1.12. The summed E-state index contributed by atoms with van der Waals surface area (Å²) in [5.74, 6) is -2.95. The van der Waals surface area contributed by atoms with Crippen molar-refractivity contribution in [1.29, 1.82) is 0 Å². The summed E-state index contributed by atoms with van der Waals surface area (Å²) in [6.45, 7) is 12.1. The summed E-state index contributed by atoms with van der Waals surface area (Å²) in [4.78, 5) is 39.7. The van der Waals surface area contributed by atoms with Crippen LogP contribution in [0, 0.1) is 17.8 Å². The van der Waals surface area contributed by atoms with E-state index in [1.54, 1.807) is 0 Å². The van der Waals surface area contributed by atoms with Crippen molar-refractivity contribution in [1.82, 2.24) is 37.2 Å². The summed E-state index contributed by atoms with van der Waals surface area (Å²) in [6.07, 6.45) is -7.25. The highest BCUT2D eigenvalue weighted by Crippen LogP contribution is 2.40. The monoisotopic (exact) mass is 1110 g/mol. The van der Waals surface area contributed by atoms with Gasteiger partial charge in [-0.1, -0.05) is 73.5 Å². The molecule has 0 aromatic heterocycles. The first-order valence-electron chi connectivity index (χ1n) is 27.4. The molecule has 15 unspecified atom stereocenters. The second kappa shape index (κ2) is 31.2. The number of carboxylic acids is 1. The van der Waals surface area contributed by atoms with E-state index in [9.17, 15) is 45.0 Å². The number of benzene rings is 1. The van der Waals surface area contributed by atoms with Gasteiger partial charge < -0.3 is 91.5 Å². The topological polar surface area (TPSA) is 303 Å². The number of ether oxygens (including phenoxy) is 5. The van der Waals surface area contributed by atoms with Crippen LogP contribution in [0.3, 0.4) is 0 Å². The van der Waals surface area contributed by atoms with Crippen molar-refractivity contribution in [2.75, 3.05) is 65.5 Å². The molecule has 3 saturated heterocycles. The van der Waals surface area contributed by atoms with Crippen molar-refractivity contribution >= 4 is 33.7 Å². The van der Waals surface area contributed by atoms with Crippen molar-refractivity contribution in [3.8, 4) is 0 Å². The van der Waals surface area contributed by atoms with E-state index in [-0.39, 0.29) is 30.7 Å². The van der Waals surface area contributed by atoms with Gasteiger partial charge in [0.15, 0.2) is 18.7 Å². The van der Waals surface area contributed by atoms with E-state index in [1.807, 2.05) is 6.92 Å². The minimum atomic E-state index is -1.64. The van der Waals surface area contributed by atoms with Crippen molar-refractivity contribution in [2.45, 2.75) is 190 Å². The van der Waals surface area contributed by atoms with Gasteiger partial charge in [0.2, 0.25) is 11.8 Å². The molecular weight excluding hydrogens is 1030 g/mol. The Kier molecular flexibility index (Phi) is 25.6. The quantitative estimate of drug-likeness (QED) is 0.0773. The van der Waals surface area contributed by atoms with Gasteiger partial charge in [0.1, 0.15) is 42.7 Å². The fraction of sp³-hybridized carbons (Fsp3) is 0.827. The fourth-order valence-electron chi connectivity index (χ4n) is 11.1. The SMILES string of the molecule is CCC1CC(C(=O)NCCNCc2ccc(CC3CNCCCNCCNCCCN3)c(Br)c2)CC(OC2OC(CO)C(O)C(O[C@@H](CC3CCCCC3)C(=O)O)C2NC(C)=O)C1OC1OC(C)C(O)C(O)C1O. The van der Waals surface area contributed by atoms with E-state index in [0.29, 0.717) is 32.5 Å². The first-order chi connectivity index (χ1) is 35.7. The number of nitrogens with one attached hydrogen (secondary N) is 7. The second-order valence-electron chi connectivity index (χ2n) is 21.1. The van der Waals surface area contributed by atoms with Crippen molar-refractivity contribution < 1.29 is 68.7 Å². The van der Waals surface area contributed by atoms with Gasteiger partial charge in [-0.05, 0) is 101 Å². The normalized spacial score (nSPS) is 34.7. The smallest absolute Gasteiger partial charge is 0.332 e. The zero-order chi connectivity index (χ0) is 53.1. The highest BCUT2D eigenvalue weighted by Gasteiger charge is 2.53. The lowest BCUT2D eigenvalue weighted by atomic mass is 9.75. The molecule has 0 radical (unpaired) electrons. The summed E-state index contributed by atoms with van der Waals surface area (Å²) in [7, 11) is 0.